The van der Waals surface area contributed by atoms with E-state index < -0.39 is 0 Å². The first-order valence-corrected chi connectivity index (χ1v) is 9.22. The molecule has 142 valence electrons. The fraction of sp³-hybridized carbons (Fsp3) is 0.474. The molecule has 4 rings (SSSR count). The fourth-order valence-corrected chi connectivity index (χ4v) is 3.68. The minimum absolute atomic E-state index is 0.387. The predicted molar refractivity (Wildman–Crippen MR) is 103 cm³/mol. The molecule has 1 unspecified atom stereocenters. The van der Waals surface area contributed by atoms with E-state index in [1.807, 2.05) is 23.6 Å². The summed E-state index contributed by atoms with van der Waals surface area (Å²) in [7, 11) is 1.65. The molecule has 3 aromatic rings. The second kappa shape index (κ2) is 7.11. The number of aromatic nitrogens is 5. The van der Waals surface area contributed by atoms with Crippen molar-refractivity contribution in [2.45, 2.75) is 33.4 Å². The molecule has 0 aliphatic carbocycles. The average Bonchev–Trinajstić information content (AvgIpc) is 3.12. The van der Waals surface area contributed by atoms with Gasteiger partial charge in [0.05, 0.1) is 12.8 Å². The van der Waals surface area contributed by atoms with Crippen LogP contribution in [0.1, 0.15) is 23.9 Å². The average molecular weight is 367 g/mol. The van der Waals surface area contributed by atoms with Crippen LogP contribution >= 0.6 is 0 Å². The zero-order valence-electron chi connectivity index (χ0n) is 16.3. The summed E-state index contributed by atoms with van der Waals surface area (Å²) in [5, 5.41) is 4.39. The van der Waals surface area contributed by atoms with E-state index in [0.29, 0.717) is 17.7 Å². The Morgan fingerprint density at radius 1 is 1.19 bits per heavy atom. The molecule has 0 saturated carbocycles. The van der Waals surface area contributed by atoms with Crippen molar-refractivity contribution in [3.63, 3.8) is 0 Å². The first-order valence-electron chi connectivity index (χ1n) is 9.22. The standard InChI is InChI=1S/C19H25N7O/c1-13-10-25(18-14(2)15(3)22-19-20-12-21-26(18)19)9-8-24(13)11-16-6-5-7-17(23-16)27-4/h5-7,12-13H,8-11H2,1-4H3. The van der Waals surface area contributed by atoms with E-state index >= 15 is 0 Å². The lowest BCUT2D eigenvalue weighted by Crippen LogP contribution is -2.52. The van der Waals surface area contributed by atoms with Crippen LogP contribution < -0.4 is 9.64 Å². The molecule has 0 spiro atoms. The van der Waals surface area contributed by atoms with Gasteiger partial charge >= 0.3 is 0 Å². The number of aryl methyl sites for hydroxylation is 1. The maximum Gasteiger partial charge on any atom is 0.254 e. The Kier molecular flexibility index (Phi) is 4.65. The zero-order chi connectivity index (χ0) is 19.0. The van der Waals surface area contributed by atoms with Gasteiger partial charge in [0.1, 0.15) is 12.1 Å². The smallest absolute Gasteiger partial charge is 0.254 e. The monoisotopic (exact) mass is 367 g/mol. The number of fused-ring (bicyclic) bond motifs is 1. The molecule has 1 aliphatic rings. The third-order valence-electron chi connectivity index (χ3n) is 5.30. The Morgan fingerprint density at radius 2 is 2.04 bits per heavy atom. The van der Waals surface area contributed by atoms with E-state index in [1.165, 1.54) is 0 Å². The summed E-state index contributed by atoms with van der Waals surface area (Å²) in [6.07, 6.45) is 1.57. The van der Waals surface area contributed by atoms with Gasteiger partial charge in [-0.25, -0.2) is 9.97 Å². The highest BCUT2D eigenvalue weighted by Crippen LogP contribution is 2.25. The lowest BCUT2D eigenvalue weighted by Gasteiger charge is -2.41. The van der Waals surface area contributed by atoms with Crippen molar-refractivity contribution in [3.8, 4) is 5.88 Å². The molecule has 0 radical (unpaired) electrons. The van der Waals surface area contributed by atoms with Gasteiger partial charge in [0.25, 0.3) is 5.78 Å². The van der Waals surface area contributed by atoms with Gasteiger partial charge in [0, 0.05) is 49.5 Å². The fourth-order valence-electron chi connectivity index (χ4n) is 3.68. The van der Waals surface area contributed by atoms with Crippen LogP contribution in [0, 0.1) is 13.8 Å². The first-order chi connectivity index (χ1) is 13.1. The molecule has 27 heavy (non-hydrogen) atoms. The molecule has 3 aromatic heterocycles. The van der Waals surface area contributed by atoms with Crippen molar-refractivity contribution < 1.29 is 4.74 Å². The van der Waals surface area contributed by atoms with E-state index in [4.69, 9.17) is 4.74 Å². The third kappa shape index (κ3) is 3.32. The molecule has 0 bridgehead atoms. The molecular formula is C19H25N7O. The molecule has 1 aliphatic heterocycles. The van der Waals surface area contributed by atoms with Crippen molar-refractivity contribution in [1.29, 1.82) is 0 Å². The molecule has 0 amide bonds. The highest BCUT2D eigenvalue weighted by atomic mass is 16.5. The number of pyridine rings is 1. The van der Waals surface area contributed by atoms with E-state index in [0.717, 1.165) is 48.9 Å². The summed E-state index contributed by atoms with van der Waals surface area (Å²) in [4.78, 5) is 18.2. The van der Waals surface area contributed by atoms with Gasteiger partial charge in [-0.15, -0.1) is 0 Å². The first kappa shape index (κ1) is 17.7. The normalized spacial score (nSPS) is 18.2. The quantitative estimate of drug-likeness (QED) is 0.697. The van der Waals surface area contributed by atoms with Gasteiger partial charge in [-0.2, -0.15) is 14.6 Å². The molecule has 0 aromatic carbocycles. The van der Waals surface area contributed by atoms with Gasteiger partial charge in [-0.3, -0.25) is 4.90 Å². The molecular weight excluding hydrogens is 342 g/mol. The van der Waals surface area contributed by atoms with Crippen molar-refractivity contribution in [2.24, 2.45) is 0 Å². The molecule has 8 nitrogen and oxygen atoms in total. The number of nitrogens with zero attached hydrogens (tertiary/aromatic N) is 7. The minimum atomic E-state index is 0.387. The van der Waals surface area contributed by atoms with E-state index in [-0.39, 0.29) is 0 Å². The van der Waals surface area contributed by atoms with Crippen molar-refractivity contribution >= 4 is 11.6 Å². The van der Waals surface area contributed by atoms with Crippen LogP contribution in [0.2, 0.25) is 0 Å². The van der Waals surface area contributed by atoms with Gasteiger partial charge < -0.3 is 9.64 Å². The number of methoxy groups -OCH3 is 1. The molecule has 0 N–H and O–H groups in total. The number of rotatable bonds is 4. The maximum absolute atomic E-state index is 5.24. The Balaban J connectivity index is 1.54. The summed E-state index contributed by atoms with van der Waals surface area (Å²) in [6.45, 7) is 10.0. The van der Waals surface area contributed by atoms with E-state index in [9.17, 15) is 0 Å². The molecule has 1 fully saturated rings. The number of hydrogen-bond donors (Lipinski definition) is 0. The number of ether oxygens (including phenoxy) is 1. The Labute approximate surface area is 158 Å². The highest BCUT2D eigenvalue weighted by molar-refractivity contribution is 5.54. The summed E-state index contributed by atoms with van der Waals surface area (Å²) in [6, 6.07) is 6.31. The highest BCUT2D eigenvalue weighted by Gasteiger charge is 2.27. The molecule has 1 atom stereocenters. The van der Waals surface area contributed by atoms with Crippen LogP contribution in [0.25, 0.3) is 5.78 Å². The van der Waals surface area contributed by atoms with Crippen LogP contribution in [0.3, 0.4) is 0 Å². The second-order valence-corrected chi connectivity index (χ2v) is 7.05. The largest absolute Gasteiger partial charge is 0.481 e. The SMILES string of the molecule is COc1cccc(CN2CCN(c3c(C)c(C)nc4ncnn34)CC2C)n1. The third-order valence-corrected chi connectivity index (χ3v) is 5.30. The summed E-state index contributed by atoms with van der Waals surface area (Å²) in [5.41, 5.74) is 3.19. The predicted octanol–water partition coefficient (Wildman–Crippen LogP) is 1.86. The second-order valence-electron chi connectivity index (χ2n) is 7.05. The van der Waals surface area contributed by atoms with Crippen LogP contribution in [-0.4, -0.2) is 62.3 Å². The van der Waals surface area contributed by atoms with Crippen molar-refractivity contribution in [3.05, 3.63) is 41.5 Å². The Bertz CT molecular complexity index is 954. The van der Waals surface area contributed by atoms with Crippen LogP contribution in [0.4, 0.5) is 5.82 Å². The van der Waals surface area contributed by atoms with Gasteiger partial charge in [0.15, 0.2) is 0 Å². The zero-order valence-corrected chi connectivity index (χ0v) is 16.3. The Hall–Kier alpha value is -2.74. The lowest BCUT2D eigenvalue weighted by molar-refractivity contribution is 0.177. The Morgan fingerprint density at radius 3 is 2.81 bits per heavy atom. The topological polar surface area (TPSA) is 71.7 Å². The summed E-state index contributed by atoms with van der Waals surface area (Å²) < 4.78 is 7.10. The summed E-state index contributed by atoms with van der Waals surface area (Å²) in [5.74, 6) is 2.42. The minimum Gasteiger partial charge on any atom is -0.481 e. The van der Waals surface area contributed by atoms with E-state index in [1.54, 1.807) is 13.4 Å². The molecule has 4 heterocycles. The molecule has 8 heteroatoms. The molecule has 1 saturated heterocycles. The van der Waals surface area contributed by atoms with E-state index in [2.05, 4.69) is 49.8 Å². The van der Waals surface area contributed by atoms with Crippen LogP contribution in [0.15, 0.2) is 24.5 Å². The number of piperazine rings is 1. The van der Waals surface area contributed by atoms with Crippen LogP contribution in [0.5, 0.6) is 5.88 Å². The van der Waals surface area contributed by atoms with Crippen molar-refractivity contribution in [2.75, 3.05) is 31.6 Å². The maximum atomic E-state index is 5.24. The van der Waals surface area contributed by atoms with Crippen LogP contribution in [-0.2, 0) is 6.54 Å². The number of hydrogen-bond acceptors (Lipinski definition) is 7. The van der Waals surface area contributed by atoms with Gasteiger partial charge in [-0.05, 0) is 26.8 Å². The number of anilines is 1. The van der Waals surface area contributed by atoms with Gasteiger partial charge in [0.2, 0.25) is 5.88 Å². The lowest BCUT2D eigenvalue weighted by atomic mass is 10.1. The summed E-state index contributed by atoms with van der Waals surface area (Å²) >= 11 is 0. The van der Waals surface area contributed by atoms with Crippen molar-refractivity contribution in [1.82, 2.24) is 29.5 Å². The van der Waals surface area contributed by atoms with Gasteiger partial charge in [-0.1, -0.05) is 6.07 Å².